The number of thiazole rings is 1. The molecule has 4 heteroatoms. The van der Waals surface area contributed by atoms with E-state index in [1.807, 2.05) is 18.0 Å². The normalized spacial score (nSPS) is 14.8. The number of aryl methyl sites for hydroxylation is 1. The average Bonchev–Trinajstić information content (AvgIpc) is 3.16. The van der Waals surface area contributed by atoms with Gasteiger partial charge in [-0.05, 0) is 37.5 Å². The van der Waals surface area contributed by atoms with E-state index in [1.165, 1.54) is 28.2 Å². The second kappa shape index (κ2) is 6.07. The van der Waals surface area contributed by atoms with Crippen molar-refractivity contribution < 1.29 is 0 Å². The number of thioether (sulfide) groups is 1. The number of aromatic nitrogens is 1. The third-order valence-electron chi connectivity index (χ3n) is 3.12. The van der Waals surface area contributed by atoms with Gasteiger partial charge >= 0.3 is 0 Å². The predicted molar refractivity (Wildman–Crippen MR) is 82.7 cm³/mol. The maximum Gasteiger partial charge on any atom is 0.0897 e. The molecule has 2 nitrogen and oxygen atoms in total. The van der Waals surface area contributed by atoms with Crippen LogP contribution >= 0.6 is 23.1 Å². The summed E-state index contributed by atoms with van der Waals surface area (Å²) in [5.74, 6) is 1.02. The maximum atomic E-state index is 4.30. The van der Waals surface area contributed by atoms with E-state index in [0.717, 1.165) is 23.3 Å². The number of rotatable bonds is 6. The van der Waals surface area contributed by atoms with Crippen LogP contribution in [0.15, 0.2) is 35.4 Å². The predicted octanol–water partition coefficient (Wildman–Crippen LogP) is 4.00. The molecule has 3 rings (SSSR count). The van der Waals surface area contributed by atoms with Gasteiger partial charge in [-0.15, -0.1) is 23.1 Å². The first-order valence-corrected chi connectivity index (χ1v) is 8.46. The van der Waals surface area contributed by atoms with Crippen LogP contribution in [0.5, 0.6) is 0 Å². The third kappa shape index (κ3) is 4.06. The van der Waals surface area contributed by atoms with Gasteiger partial charge in [0.2, 0.25) is 0 Å². The van der Waals surface area contributed by atoms with Gasteiger partial charge in [-0.2, -0.15) is 0 Å². The van der Waals surface area contributed by atoms with Crippen molar-refractivity contribution in [2.24, 2.45) is 0 Å². The van der Waals surface area contributed by atoms with Crippen LogP contribution in [0.1, 0.15) is 28.3 Å². The first-order valence-electron chi connectivity index (χ1n) is 6.66. The molecule has 0 amide bonds. The summed E-state index contributed by atoms with van der Waals surface area (Å²) in [6, 6.07) is 9.63. The van der Waals surface area contributed by atoms with Gasteiger partial charge in [0.25, 0.3) is 0 Å². The van der Waals surface area contributed by atoms with Gasteiger partial charge in [0.15, 0.2) is 0 Å². The molecule has 0 aliphatic heterocycles. The van der Waals surface area contributed by atoms with E-state index in [1.54, 1.807) is 11.3 Å². The van der Waals surface area contributed by atoms with E-state index in [2.05, 4.69) is 41.5 Å². The molecular weight excluding hydrogens is 272 g/mol. The van der Waals surface area contributed by atoms with Crippen molar-refractivity contribution in [2.75, 3.05) is 0 Å². The highest BCUT2D eigenvalue weighted by Gasteiger charge is 2.19. The standard InChI is InChI=1S/C15H18N2S2/c1-11-16-9-15(19-11)10-18-14-4-2-3-12(7-14)8-17-13-5-6-13/h2-4,7,9,13,17H,5-6,8,10H2,1H3. The largest absolute Gasteiger partial charge is 0.310 e. The van der Waals surface area contributed by atoms with E-state index in [4.69, 9.17) is 0 Å². The lowest BCUT2D eigenvalue weighted by Crippen LogP contribution is -2.15. The van der Waals surface area contributed by atoms with E-state index < -0.39 is 0 Å². The van der Waals surface area contributed by atoms with Crippen molar-refractivity contribution in [3.63, 3.8) is 0 Å². The molecule has 1 fully saturated rings. The highest BCUT2D eigenvalue weighted by molar-refractivity contribution is 7.98. The Labute approximate surface area is 122 Å². The molecule has 0 spiro atoms. The van der Waals surface area contributed by atoms with Gasteiger partial charge in [0.1, 0.15) is 0 Å². The lowest BCUT2D eigenvalue weighted by Gasteiger charge is -2.05. The van der Waals surface area contributed by atoms with Crippen molar-refractivity contribution in [2.45, 2.75) is 43.0 Å². The minimum atomic E-state index is 0.775. The number of hydrogen-bond acceptors (Lipinski definition) is 4. The quantitative estimate of drug-likeness (QED) is 0.814. The summed E-state index contributed by atoms with van der Waals surface area (Å²) < 4.78 is 0. The van der Waals surface area contributed by atoms with Gasteiger partial charge in [-0.3, -0.25) is 0 Å². The van der Waals surface area contributed by atoms with E-state index >= 15 is 0 Å². The van der Waals surface area contributed by atoms with Crippen LogP contribution in [-0.4, -0.2) is 11.0 Å². The molecule has 19 heavy (non-hydrogen) atoms. The monoisotopic (exact) mass is 290 g/mol. The van der Waals surface area contributed by atoms with Gasteiger partial charge in [0.05, 0.1) is 5.01 Å². The molecule has 2 aromatic rings. The Morgan fingerprint density at radius 1 is 1.42 bits per heavy atom. The molecule has 0 saturated heterocycles. The summed E-state index contributed by atoms with van der Waals surface area (Å²) in [5.41, 5.74) is 1.39. The fourth-order valence-corrected chi connectivity index (χ4v) is 3.72. The summed E-state index contributed by atoms with van der Waals surface area (Å²) in [6.45, 7) is 3.06. The number of benzene rings is 1. The fourth-order valence-electron chi connectivity index (χ4n) is 1.92. The van der Waals surface area contributed by atoms with Crippen LogP contribution in [0.3, 0.4) is 0 Å². The van der Waals surface area contributed by atoms with Crippen molar-refractivity contribution in [1.82, 2.24) is 10.3 Å². The Bertz CT molecular complexity index is 547. The number of hydrogen-bond donors (Lipinski definition) is 1. The van der Waals surface area contributed by atoms with Crippen LogP contribution < -0.4 is 5.32 Å². The van der Waals surface area contributed by atoms with Crippen molar-refractivity contribution >= 4 is 23.1 Å². The van der Waals surface area contributed by atoms with E-state index in [-0.39, 0.29) is 0 Å². The second-order valence-electron chi connectivity index (χ2n) is 4.94. The lowest BCUT2D eigenvalue weighted by molar-refractivity contribution is 0.687. The molecule has 1 heterocycles. The van der Waals surface area contributed by atoms with Crippen molar-refractivity contribution in [1.29, 1.82) is 0 Å². The minimum absolute atomic E-state index is 0.775. The maximum absolute atomic E-state index is 4.30. The van der Waals surface area contributed by atoms with Gasteiger partial charge in [-0.25, -0.2) is 4.98 Å². The average molecular weight is 290 g/mol. The Kier molecular flexibility index (Phi) is 4.21. The highest BCUT2D eigenvalue weighted by Crippen LogP contribution is 2.26. The van der Waals surface area contributed by atoms with Crippen LogP contribution in [-0.2, 0) is 12.3 Å². The van der Waals surface area contributed by atoms with Crippen LogP contribution in [0.25, 0.3) is 0 Å². The molecule has 0 unspecified atom stereocenters. The molecule has 1 aliphatic carbocycles. The van der Waals surface area contributed by atoms with Gasteiger partial charge in [0, 0.05) is 34.3 Å². The van der Waals surface area contributed by atoms with Gasteiger partial charge in [-0.1, -0.05) is 12.1 Å². The van der Waals surface area contributed by atoms with Crippen molar-refractivity contribution in [3.05, 3.63) is 45.9 Å². The molecular formula is C15H18N2S2. The molecule has 1 saturated carbocycles. The van der Waals surface area contributed by atoms with E-state index in [0.29, 0.717) is 0 Å². The lowest BCUT2D eigenvalue weighted by atomic mass is 10.2. The molecule has 0 bridgehead atoms. The summed E-state index contributed by atoms with van der Waals surface area (Å²) in [5, 5.41) is 4.71. The fraction of sp³-hybridized carbons (Fsp3) is 0.400. The zero-order chi connectivity index (χ0) is 13.1. The van der Waals surface area contributed by atoms with Crippen LogP contribution in [0.4, 0.5) is 0 Å². The molecule has 1 N–H and O–H groups in total. The zero-order valence-electron chi connectivity index (χ0n) is 11.1. The second-order valence-corrected chi connectivity index (χ2v) is 7.30. The molecule has 0 atom stereocenters. The highest BCUT2D eigenvalue weighted by atomic mass is 32.2. The smallest absolute Gasteiger partial charge is 0.0897 e. The van der Waals surface area contributed by atoms with Crippen LogP contribution in [0.2, 0.25) is 0 Å². The SMILES string of the molecule is Cc1ncc(CSc2cccc(CNC3CC3)c2)s1. The summed E-state index contributed by atoms with van der Waals surface area (Å²) >= 11 is 3.68. The Balaban J connectivity index is 1.55. The molecule has 0 radical (unpaired) electrons. The molecule has 1 aromatic heterocycles. The van der Waals surface area contributed by atoms with E-state index in [9.17, 15) is 0 Å². The molecule has 1 aromatic carbocycles. The zero-order valence-corrected chi connectivity index (χ0v) is 12.7. The summed E-state index contributed by atoms with van der Waals surface area (Å²) in [4.78, 5) is 7.00. The van der Waals surface area contributed by atoms with Gasteiger partial charge < -0.3 is 5.32 Å². The summed E-state index contributed by atoms with van der Waals surface area (Å²) in [7, 11) is 0. The first-order chi connectivity index (χ1) is 9.29. The first kappa shape index (κ1) is 13.2. The Morgan fingerprint density at radius 3 is 3.05 bits per heavy atom. The van der Waals surface area contributed by atoms with Crippen LogP contribution in [0, 0.1) is 6.92 Å². The topological polar surface area (TPSA) is 24.9 Å². The summed E-state index contributed by atoms with van der Waals surface area (Å²) in [6.07, 6.45) is 4.68. The third-order valence-corrected chi connectivity index (χ3v) is 5.26. The molecule has 1 aliphatic rings. The number of nitrogens with zero attached hydrogens (tertiary/aromatic N) is 1. The minimum Gasteiger partial charge on any atom is -0.310 e. The Hall–Kier alpha value is -0.840. The molecule has 100 valence electrons. The number of nitrogens with one attached hydrogen (secondary N) is 1. The van der Waals surface area contributed by atoms with Crippen molar-refractivity contribution in [3.8, 4) is 0 Å². The Morgan fingerprint density at radius 2 is 2.32 bits per heavy atom.